The molecule has 0 aromatic carbocycles. The van der Waals surface area contributed by atoms with Gasteiger partial charge in [-0.3, -0.25) is 0 Å². The Bertz CT molecular complexity index is 262. The van der Waals surface area contributed by atoms with E-state index in [4.69, 9.17) is 0 Å². The summed E-state index contributed by atoms with van der Waals surface area (Å²) < 4.78 is 1.19. The largest absolute Gasteiger partial charge is 0.312 e. The van der Waals surface area contributed by atoms with Gasteiger partial charge in [0.15, 0.2) is 0 Å². The Labute approximate surface area is 103 Å². The van der Waals surface area contributed by atoms with Gasteiger partial charge in [-0.25, -0.2) is 0 Å². The average Bonchev–Trinajstić information content (AvgIpc) is 2.52. The van der Waals surface area contributed by atoms with Gasteiger partial charge in [0.1, 0.15) is 0 Å². The Morgan fingerprint density at radius 3 is 3.00 bits per heavy atom. The number of halogens is 1. The summed E-state index contributed by atoms with van der Waals surface area (Å²) >= 11 is 7.17. The van der Waals surface area contributed by atoms with Crippen LogP contribution in [-0.2, 0) is 6.54 Å². The van der Waals surface area contributed by atoms with Crippen molar-refractivity contribution in [1.29, 1.82) is 0 Å². The number of hydrogen-bond acceptors (Lipinski definition) is 3. The van der Waals surface area contributed by atoms with Crippen LogP contribution < -0.4 is 5.32 Å². The summed E-state index contributed by atoms with van der Waals surface area (Å²) in [6.07, 6.45) is 2.16. The van der Waals surface area contributed by atoms with Crippen LogP contribution in [0, 0.1) is 5.92 Å². The molecular weight excluding hydrogens is 278 g/mol. The molecule has 80 valence electrons. The summed E-state index contributed by atoms with van der Waals surface area (Å²) in [4.78, 5) is 1.40. The highest BCUT2D eigenvalue weighted by Gasteiger charge is 2.01. The minimum absolute atomic E-state index is 0.758. The third kappa shape index (κ3) is 4.82. The van der Waals surface area contributed by atoms with Crippen LogP contribution in [0.3, 0.4) is 0 Å². The van der Waals surface area contributed by atoms with Crippen molar-refractivity contribution in [2.24, 2.45) is 5.92 Å². The molecule has 0 spiro atoms. The zero-order chi connectivity index (χ0) is 10.4. The van der Waals surface area contributed by atoms with Gasteiger partial charge in [0.2, 0.25) is 0 Å². The molecule has 0 amide bonds. The molecule has 0 radical (unpaired) electrons. The monoisotopic (exact) mass is 293 g/mol. The lowest BCUT2D eigenvalue weighted by Gasteiger charge is -2.09. The van der Waals surface area contributed by atoms with Crippen LogP contribution in [0.1, 0.15) is 11.8 Å². The van der Waals surface area contributed by atoms with Crippen LogP contribution in [0.15, 0.2) is 15.9 Å². The van der Waals surface area contributed by atoms with Crippen molar-refractivity contribution in [1.82, 2.24) is 5.32 Å². The summed E-state index contributed by atoms with van der Waals surface area (Å²) in [7, 11) is 0. The molecule has 1 rings (SSSR count). The predicted molar refractivity (Wildman–Crippen MR) is 71.3 cm³/mol. The quantitative estimate of drug-likeness (QED) is 0.860. The van der Waals surface area contributed by atoms with E-state index in [9.17, 15) is 0 Å². The Morgan fingerprint density at radius 1 is 1.64 bits per heavy atom. The van der Waals surface area contributed by atoms with Gasteiger partial charge in [-0.15, -0.1) is 11.3 Å². The summed E-state index contributed by atoms with van der Waals surface area (Å²) in [5.74, 6) is 2.00. The van der Waals surface area contributed by atoms with E-state index in [0.29, 0.717) is 0 Å². The molecule has 0 aliphatic heterocycles. The lowest BCUT2D eigenvalue weighted by molar-refractivity contribution is 0.562. The second-order valence-corrected chi connectivity index (χ2v) is 6.24. The molecule has 0 fully saturated rings. The fraction of sp³-hybridized carbons (Fsp3) is 0.600. The molecule has 1 heterocycles. The highest BCUT2D eigenvalue weighted by Crippen LogP contribution is 2.19. The zero-order valence-corrected chi connectivity index (χ0v) is 11.8. The third-order valence-electron chi connectivity index (χ3n) is 1.86. The fourth-order valence-electron chi connectivity index (χ4n) is 1.23. The van der Waals surface area contributed by atoms with Gasteiger partial charge in [0.25, 0.3) is 0 Å². The normalized spacial score (nSPS) is 13.1. The van der Waals surface area contributed by atoms with Gasteiger partial charge in [-0.1, -0.05) is 6.92 Å². The Morgan fingerprint density at radius 2 is 2.43 bits per heavy atom. The van der Waals surface area contributed by atoms with Gasteiger partial charge in [0.05, 0.1) is 0 Å². The molecule has 4 heteroatoms. The van der Waals surface area contributed by atoms with E-state index in [2.05, 4.69) is 45.9 Å². The fourth-order valence-corrected chi connectivity index (χ4v) is 3.34. The topological polar surface area (TPSA) is 12.0 Å². The molecule has 1 atom stereocenters. The third-order valence-corrected chi connectivity index (χ3v) is 4.46. The summed E-state index contributed by atoms with van der Waals surface area (Å²) in [5.41, 5.74) is 0. The molecule has 1 N–H and O–H groups in total. The SMILES string of the molecule is CSCC(C)CNCc1cc(Br)cs1. The number of hydrogen-bond donors (Lipinski definition) is 1. The maximum atomic E-state index is 3.48. The molecule has 1 aromatic heterocycles. The molecule has 0 aliphatic carbocycles. The zero-order valence-electron chi connectivity index (χ0n) is 8.55. The molecule has 1 aromatic rings. The molecule has 14 heavy (non-hydrogen) atoms. The van der Waals surface area contributed by atoms with E-state index < -0.39 is 0 Å². The van der Waals surface area contributed by atoms with Gasteiger partial charge in [0, 0.05) is 21.3 Å². The minimum atomic E-state index is 0.758. The second-order valence-electron chi connectivity index (χ2n) is 3.42. The molecular formula is C10H16BrNS2. The van der Waals surface area contributed by atoms with Crippen molar-refractivity contribution < 1.29 is 0 Å². The number of thioether (sulfide) groups is 1. The van der Waals surface area contributed by atoms with Crippen molar-refractivity contribution in [2.75, 3.05) is 18.6 Å². The Kier molecular flexibility index (Phi) is 6.17. The molecule has 1 nitrogen and oxygen atoms in total. The number of thiophene rings is 1. The van der Waals surface area contributed by atoms with Gasteiger partial charge in [-0.2, -0.15) is 11.8 Å². The molecule has 0 saturated heterocycles. The molecule has 0 saturated carbocycles. The van der Waals surface area contributed by atoms with Crippen molar-refractivity contribution in [3.8, 4) is 0 Å². The van der Waals surface area contributed by atoms with Crippen LogP contribution in [0.4, 0.5) is 0 Å². The van der Waals surface area contributed by atoms with E-state index in [1.165, 1.54) is 15.1 Å². The van der Waals surface area contributed by atoms with E-state index in [-0.39, 0.29) is 0 Å². The maximum Gasteiger partial charge on any atom is 0.0300 e. The van der Waals surface area contributed by atoms with Crippen molar-refractivity contribution in [2.45, 2.75) is 13.5 Å². The molecule has 0 bridgehead atoms. The lowest BCUT2D eigenvalue weighted by atomic mass is 10.2. The lowest BCUT2D eigenvalue weighted by Crippen LogP contribution is -2.21. The average molecular weight is 294 g/mol. The number of rotatable bonds is 6. The summed E-state index contributed by atoms with van der Waals surface area (Å²) in [6, 6.07) is 2.18. The van der Waals surface area contributed by atoms with E-state index in [0.717, 1.165) is 19.0 Å². The summed E-state index contributed by atoms with van der Waals surface area (Å²) in [6.45, 7) is 4.39. The maximum absolute atomic E-state index is 3.48. The highest BCUT2D eigenvalue weighted by molar-refractivity contribution is 9.10. The first-order chi connectivity index (χ1) is 6.72. The predicted octanol–water partition coefficient (Wildman–Crippen LogP) is 3.60. The summed E-state index contributed by atoms with van der Waals surface area (Å²) in [5, 5.41) is 5.60. The molecule has 0 aliphatic rings. The van der Waals surface area contributed by atoms with Gasteiger partial charge >= 0.3 is 0 Å². The van der Waals surface area contributed by atoms with E-state index >= 15 is 0 Å². The van der Waals surface area contributed by atoms with Crippen molar-refractivity contribution in [3.05, 3.63) is 20.8 Å². The first-order valence-corrected chi connectivity index (χ1v) is 7.71. The second kappa shape index (κ2) is 6.88. The smallest absolute Gasteiger partial charge is 0.0300 e. The van der Waals surface area contributed by atoms with Crippen molar-refractivity contribution >= 4 is 39.0 Å². The van der Waals surface area contributed by atoms with Crippen LogP contribution in [0.5, 0.6) is 0 Å². The Balaban J connectivity index is 2.15. The minimum Gasteiger partial charge on any atom is -0.312 e. The van der Waals surface area contributed by atoms with Crippen LogP contribution >= 0.6 is 39.0 Å². The van der Waals surface area contributed by atoms with Crippen LogP contribution in [0.25, 0.3) is 0 Å². The molecule has 1 unspecified atom stereocenters. The highest BCUT2D eigenvalue weighted by atomic mass is 79.9. The number of nitrogens with one attached hydrogen (secondary N) is 1. The van der Waals surface area contributed by atoms with Crippen LogP contribution in [0.2, 0.25) is 0 Å². The van der Waals surface area contributed by atoms with E-state index in [1.54, 1.807) is 11.3 Å². The Hall–Kier alpha value is 0.490. The van der Waals surface area contributed by atoms with Crippen LogP contribution in [-0.4, -0.2) is 18.6 Å². The first-order valence-electron chi connectivity index (χ1n) is 4.65. The van der Waals surface area contributed by atoms with Gasteiger partial charge < -0.3 is 5.32 Å². The van der Waals surface area contributed by atoms with Gasteiger partial charge in [-0.05, 0) is 46.5 Å². The van der Waals surface area contributed by atoms with E-state index in [1.807, 2.05) is 11.8 Å². The standard InChI is InChI=1S/C10H16BrNS2/c1-8(6-13-2)4-12-5-10-3-9(11)7-14-10/h3,7-8,12H,4-6H2,1-2H3. The van der Waals surface area contributed by atoms with Crippen molar-refractivity contribution in [3.63, 3.8) is 0 Å². The first kappa shape index (κ1) is 12.6.